The van der Waals surface area contributed by atoms with Crippen molar-refractivity contribution in [2.24, 2.45) is 0 Å². The van der Waals surface area contributed by atoms with Crippen LogP contribution in [0.2, 0.25) is 0 Å². The van der Waals surface area contributed by atoms with E-state index in [-0.39, 0.29) is 6.10 Å². The molecular formula is C12H16BrNO2. The summed E-state index contributed by atoms with van der Waals surface area (Å²) in [5.41, 5.74) is 1.01. The van der Waals surface area contributed by atoms with Crippen molar-refractivity contribution in [3.63, 3.8) is 0 Å². The van der Waals surface area contributed by atoms with Crippen LogP contribution in [0.3, 0.4) is 0 Å². The zero-order chi connectivity index (χ0) is 12.0. The van der Waals surface area contributed by atoms with Crippen LogP contribution in [0.1, 0.15) is 31.4 Å². The summed E-state index contributed by atoms with van der Waals surface area (Å²) in [4.78, 5) is 11.2. The predicted octanol–water partition coefficient (Wildman–Crippen LogP) is 3.65. The molecule has 0 bridgehead atoms. The molecule has 1 N–H and O–H groups in total. The van der Waals surface area contributed by atoms with Crippen LogP contribution < -0.4 is 5.32 Å². The second-order valence-corrected chi connectivity index (χ2v) is 4.31. The summed E-state index contributed by atoms with van der Waals surface area (Å²) < 4.78 is 6.30. The molecule has 4 heteroatoms. The van der Waals surface area contributed by atoms with Gasteiger partial charge in [0.05, 0.1) is 0 Å². The smallest absolute Gasteiger partial charge is 0.407 e. The summed E-state index contributed by atoms with van der Waals surface area (Å²) in [7, 11) is 1.56. The minimum absolute atomic E-state index is 0.194. The Morgan fingerprint density at radius 2 is 2.19 bits per heavy atom. The molecule has 1 amide bonds. The van der Waals surface area contributed by atoms with Gasteiger partial charge < -0.3 is 10.1 Å². The highest BCUT2D eigenvalue weighted by molar-refractivity contribution is 9.10. The number of halogens is 1. The summed E-state index contributed by atoms with van der Waals surface area (Å²) in [6.45, 7) is 2.07. The molecule has 1 unspecified atom stereocenters. The first-order chi connectivity index (χ1) is 7.69. The van der Waals surface area contributed by atoms with Crippen molar-refractivity contribution in [1.82, 2.24) is 5.32 Å². The van der Waals surface area contributed by atoms with Crippen LogP contribution in [0.4, 0.5) is 4.79 Å². The Hall–Kier alpha value is -1.03. The minimum Gasteiger partial charge on any atom is -0.441 e. The van der Waals surface area contributed by atoms with E-state index in [0.717, 1.165) is 22.9 Å². The first-order valence-electron chi connectivity index (χ1n) is 5.31. The van der Waals surface area contributed by atoms with Crippen LogP contribution >= 0.6 is 15.9 Å². The fourth-order valence-electron chi connectivity index (χ4n) is 1.46. The lowest BCUT2D eigenvalue weighted by Crippen LogP contribution is -2.22. The highest BCUT2D eigenvalue weighted by Gasteiger charge is 2.17. The molecule has 0 fully saturated rings. The van der Waals surface area contributed by atoms with Gasteiger partial charge in [-0.25, -0.2) is 4.79 Å². The van der Waals surface area contributed by atoms with Crippen LogP contribution in [0.15, 0.2) is 28.7 Å². The molecule has 3 nitrogen and oxygen atoms in total. The van der Waals surface area contributed by atoms with E-state index >= 15 is 0 Å². The van der Waals surface area contributed by atoms with E-state index in [1.807, 2.05) is 24.3 Å². The molecule has 0 spiro atoms. The number of hydrogen-bond acceptors (Lipinski definition) is 2. The third-order valence-corrected chi connectivity index (χ3v) is 2.98. The van der Waals surface area contributed by atoms with Gasteiger partial charge in [-0.2, -0.15) is 0 Å². The summed E-state index contributed by atoms with van der Waals surface area (Å²) in [5, 5.41) is 2.47. The number of nitrogens with one attached hydrogen (secondary N) is 1. The fraction of sp³-hybridized carbons (Fsp3) is 0.417. The predicted molar refractivity (Wildman–Crippen MR) is 67.3 cm³/mol. The number of hydrogen-bond donors (Lipinski definition) is 1. The Morgan fingerprint density at radius 3 is 2.75 bits per heavy atom. The molecule has 0 saturated heterocycles. The second-order valence-electron chi connectivity index (χ2n) is 3.45. The molecule has 0 saturated carbocycles. The Balaban J connectivity index is 2.85. The first-order valence-corrected chi connectivity index (χ1v) is 6.11. The van der Waals surface area contributed by atoms with E-state index in [0.29, 0.717) is 0 Å². The highest BCUT2D eigenvalue weighted by Crippen LogP contribution is 2.29. The van der Waals surface area contributed by atoms with E-state index in [1.54, 1.807) is 7.05 Å². The summed E-state index contributed by atoms with van der Waals surface area (Å²) in [6, 6.07) is 7.80. The monoisotopic (exact) mass is 285 g/mol. The van der Waals surface area contributed by atoms with Gasteiger partial charge in [0.1, 0.15) is 6.10 Å². The molecule has 1 aromatic rings. The maximum absolute atomic E-state index is 11.2. The Kier molecular flexibility index (Phi) is 5.32. The summed E-state index contributed by atoms with van der Waals surface area (Å²) in [5.74, 6) is 0. The van der Waals surface area contributed by atoms with Gasteiger partial charge in [-0.05, 0) is 12.5 Å². The van der Waals surface area contributed by atoms with Crippen molar-refractivity contribution in [3.05, 3.63) is 34.3 Å². The van der Waals surface area contributed by atoms with Gasteiger partial charge in [-0.15, -0.1) is 0 Å². The molecule has 0 aliphatic rings. The lowest BCUT2D eigenvalue weighted by molar-refractivity contribution is 0.0934. The van der Waals surface area contributed by atoms with Gasteiger partial charge in [-0.1, -0.05) is 47.5 Å². The second kappa shape index (κ2) is 6.53. The lowest BCUT2D eigenvalue weighted by atomic mass is 10.1. The van der Waals surface area contributed by atoms with Crippen molar-refractivity contribution in [3.8, 4) is 0 Å². The molecule has 1 aromatic carbocycles. The van der Waals surface area contributed by atoms with Gasteiger partial charge in [0.15, 0.2) is 0 Å². The Bertz CT molecular complexity index is 355. The van der Waals surface area contributed by atoms with Gasteiger partial charge in [-0.3, -0.25) is 0 Å². The quantitative estimate of drug-likeness (QED) is 0.917. The number of amides is 1. The molecule has 1 atom stereocenters. The zero-order valence-corrected chi connectivity index (χ0v) is 11.1. The molecule has 16 heavy (non-hydrogen) atoms. The molecule has 0 aliphatic carbocycles. The van der Waals surface area contributed by atoms with Crippen molar-refractivity contribution in [1.29, 1.82) is 0 Å². The van der Waals surface area contributed by atoms with E-state index in [1.165, 1.54) is 0 Å². The third-order valence-electron chi connectivity index (χ3n) is 2.26. The Morgan fingerprint density at radius 1 is 1.50 bits per heavy atom. The maximum Gasteiger partial charge on any atom is 0.407 e. The van der Waals surface area contributed by atoms with Crippen LogP contribution in [0.5, 0.6) is 0 Å². The van der Waals surface area contributed by atoms with Crippen molar-refractivity contribution >= 4 is 22.0 Å². The van der Waals surface area contributed by atoms with E-state index < -0.39 is 6.09 Å². The number of alkyl carbamates (subject to hydrolysis) is 1. The zero-order valence-electron chi connectivity index (χ0n) is 9.50. The Labute approximate surface area is 104 Å². The highest BCUT2D eigenvalue weighted by atomic mass is 79.9. The number of ether oxygens (including phenoxy) is 1. The van der Waals surface area contributed by atoms with Crippen LogP contribution in [0, 0.1) is 0 Å². The molecule has 0 heterocycles. The summed E-state index contributed by atoms with van der Waals surface area (Å²) in [6.07, 6.45) is 1.19. The van der Waals surface area contributed by atoms with Crippen LogP contribution in [-0.4, -0.2) is 13.1 Å². The maximum atomic E-state index is 11.2. The topological polar surface area (TPSA) is 38.3 Å². The van der Waals surface area contributed by atoms with Gasteiger partial charge >= 0.3 is 6.09 Å². The third kappa shape index (κ3) is 3.52. The molecular weight excluding hydrogens is 270 g/mol. The molecule has 1 rings (SSSR count). The number of benzene rings is 1. The minimum atomic E-state index is -0.394. The van der Waals surface area contributed by atoms with E-state index in [2.05, 4.69) is 28.2 Å². The normalized spacial score (nSPS) is 11.9. The number of rotatable bonds is 4. The largest absolute Gasteiger partial charge is 0.441 e. The van der Waals surface area contributed by atoms with Crippen molar-refractivity contribution in [2.75, 3.05) is 7.05 Å². The SMILES string of the molecule is CCCC(OC(=O)NC)c1ccccc1Br. The average molecular weight is 286 g/mol. The number of carbonyl (C=O) groups excluding carboxylic acids is 1. The van der Waals surface area contributed by atoms with Gasteiger partial charge in [0.2, 0.25) is 0 Å². The molecule has 0 radical (unpaired) electrons. The molecule has 0 aromatic heterocycles. The van der Waals surface area contributed by atoms with Gasteiger partial charge in [0, 0.05) is 17.1 Å². The van der Waals surface area contributed by atoms with Gasteiger partial charge in [0.25, 0.3) is 0 Å². The molecule has 88 valence electrons. The van der Waals surface area contributed by atoms with Crippen molar-refractivity contribution < 1.29 is 9.53 Å². The lowest BCUT2D eigenvalue weighted by Gasteiger charge is -2.18. The van der Waals surface area contributed by atoms with Crippen molar-refractivity contribution in [2.45, 2.75) is 25.9 Å². The summed E-state index contributed by atoms with van der Waals surface area (Å²) >= 11 is 3.47. The molecule has 0 aliphatic heterocycles. The van der Waals surface area contributed by atoms with Crippen LogP contribution in [-0.2, 0) is 4.74 Å². The average Bonchev–Trinajstić information content (AvgIpc) is 2.29. The number of carbonyl (C=O) groups is 1. The van der Waals surface area contributed by atoms with E-state index in [9.17, 15) is 4.79 Å². The van der Waals surface area contributed by atoms with E-state index in [4.69, 9.17) is 4.74 Å². The van der Waals surface area contributed by atoms with Crippen LogP contribution in [0.25, 0.3) is 0 Å². The standard InChI is InChI=1S/C12H16BrNO2/c1-3-6-11(16-12(15)14-2)9-7-4-5-8-10(9)13/h4-5,7-8,11H,3,6H2,1-2H3,(H,14,15). The fourth-order valence-corrected chi connectivity index (χ4v) is 2.00. The first kappa shape index (κ1) is 13.0.